The molecule has 0 radical (unpaired) electrons. The minimum atomic E-state index is -0.164. The molecule has 20 heavy (non-hydrogen) atoms. The highest BCUT2D eigenvalue weighted by Gasteiger charge is 2.17. The molecule has 0 bridgehead atoms. The third kappa shape index (κ3) is 3.06. The van der Waals surface area contributed by atoms with Crippen molar-refractivity contribution in [2.45, 2.75) is 19.9 Å². The van der Waals surface area contributed by atoms with E-state index in [1.54, 1.807) is 0 Å². The van der Waals surface area contributed by atoms with Gasteiger partial charge in [-0.3, -0.25) is 4.79 Å². The number of carbonyl (C=O) groups is 1. The number of benzene rings is 2. The summed E-state index contributed by atoms with van der Waals surface area (Å²) in [6, 6.07) is 15.5. The van der Waals surface area contributed by atoms with Gasteiger partial charge in [0.2, 0.25) is 0 Å². The van der Waals surface area contributed by atoms with E-state index in [0.29, 0.717) is 6.54 Å². The van der Waals surface area contributed by atoms with Gasteiger partial charge in [-0.2, -0.15) is 0 Å². The number of rotatable bonds is 4. The minimum Gasteiger partial charge on any atom is -0.344 e. The fraction of sp³-hybridized carbons (Fsp3) is 0.235. The van der Waals surface area contributed by atoms with Crippen LogP contribution in [0, 0.1) is 13.8 Å². The van der Waals surface area contributed by atoms with Crippen molar-refractivity contribution >= 4 is 5.91 Å². The van der Waals surface area contributed by atoms with Crippen LogP contribution < -0.4 is 11.1 Å². The third-order valence-electron chi connectivity index (χ3n) is 3.45. The predicted octanol–water partition coefficient (Wildman–Crippen LogP) is 2.73. The Morgan fingerprint density at radius 1 is 1.05 bits per heavy atom. The molecule has 1 unspecified atom stereocenters. The number of nitrogens with one attached hydrogen (secondary N) is 1. The summed E-state index contributed by atoms with van der Waals surface area (Å²) in [5, 5.41) is 3.02. The predicted molar refractivity (Wildman–Crippen MR) is 81.6 cm³/mol. The van der Waals surface area contributed by atoms with Gasteiger partial charge in [-0.15, -0.1) is 0 Å². The van der Waals surface area contributed by atoms with Crippen molar-refractivity contribution in [1.29, 1.82) is 0 Å². The molecule has 0 spiro atoms. The summed E-state index contributed by atoms with van der Waals surface area (Å²) in [7, 11) is 0. The zero-order valence-corrected chi connectivity index (χ0v) is 11.9. The fourth-order valence-electron chi connectivity index (χ4n) is 2.37. The summed E-state index contributed by atoms with van der Waals surface area (Å²) in [4.78, 5) is 12.5. The van der Waals surface area contributed by atoms with Crippen LogP contribution >= 0.6 is 0 Å². The van der Waals surface area contributed by atoms with Crippen molar-refractivity contribution in [3.05, 3.63) is 70.8 Å². The van der Waals surface area contributed by atoms with E-state index in [2.05, 4.69) is 5.32 Å². The Hall–Kier alpha value is -2.13. The molecule has 1 amide bonds. The van der Waals surface area contributed by atoms with Crippen LogP contribution in [0.3, 0.4) is 0 Å². The molecule has 2 aromatic rings. The Kier molecular flexibility index (Phi) is 4.53. The molecule has 0 aliphatic carbocycles. The summed E-state index contributed by atoms with van der Waals surface area (Å²) in [6.07, 6.45) is 0. The maximum atomic E-state index is 12.5. The van der Waals surface area contributed by atoms with Crippen LogP contribution in [0.25, 0.3) is 0 Å². The SMILES string of the molecule is Cc1cccc(C)c1C(=O)NC(CN)c1ccccc1. The highest BCUT2D eigenvalue weighted by atomic mass is 16.1. The molecule has 2 aromatic carbocycles. The second-order valence-corrected chi connectivity index (χ2v) is 4.94. The lowest BCUT2D eigenvalue weighted by atomic mass is 10.0. The molecule has 104 valence electrons. The number of amides is 1. The summed E-state index contributed by atoms with van der Waals surface area (Å²) in [6.45, 7) is 4.27. The number of hydrogen-bond donors (Lipinski definition) is 2. The molecule has 3 nitrogen and oxygen atoms in total. The van der Waals surface area contributed by atoms with Crippen molar-refractivity contribution in [1.82, 2.24) is 5.32 Å². The molecule has 0 aromatic heterocycles. The van der Waals surface area contributed by atoms with Gasteiger partial charge in [-0.1, -0.05) is 48.5 Å². The van der Waals surface area contributed by atoms with Crippen LogP contribution in [0.5, 0.6) is 0 Å². The molecule has 0 aliphatic heterocycles. The number of nitrogens with two attached hydrogens (primary N) is 1. The van der Waals surface area contributed by atoms with Crippen molar-refractivity contribution < 1.29 is 4.79 Å². The molecule has 0 saturated heterocycles. The van der Waals surface area contributed by atoms with Crippen LogP contribution in [-0.2, 0) is 0 Å². The van der Waals surface area contributed by atoms with Crippen LogP contribution in [0.2, 0.25) is 0 Å². The van der Waals surface area contributed by atoms with Crippen LogP contribution in [0.4, 0.5) is 0 Å². The van der Waals surface area contributed by atoms with Gasteiger partial charge in [0.25, 0.3) is 5.91 Å². The lowest BCUT2D eigenvalue weighted by molar-refractivity contribution is 0.0936. The van der Waals surface area contributed by atoms with Crippen molar-refractivity contribution in [2.24, 2.45) is 5.73 Å². The zero-order chi connectivity index (χ0) is 14.5. The van der Waals surface area contributed by atoms with Gasteiger partial charge >= 0.3 is 0 Å². The van der Waals surface area contributed by atoms with Crippen molar-refractivity contribution in [3.8, 4) is 0 Å². The van der Waals surface area contributed by atoms with E-state index in [1.807, 2.05) is 62.4 Å². The molecule has 3 heteroatoms. The van der Waals surface area contributed by atoms with Gasteiger partial charge in [0, 0.05) is 12.1 Å². The first kappa shape index (κ1) is 14.3. The normalized spacial score (nSPS) is 11.9. The van der Waals surface area contributed by atoms with E-state index >= 15 is 0 Å². The molecule has 2 rings (SSSR count). The Balaban J connectivity index is 2.22. The summed E-state index contributed by atoms with van der Waals surface area (Å²) >= 11 is 0. The molecular weight excluding hydrogens is 248 g/mol. The highest BCUT2D eigenvalue weighted by molar-refractivity contribution is 5.97. The molecule has 0 aliphatic rings. The van der Waals surface area contributed by atoms with Gasteiger partial charge in [0.15, 0.2) is 0 Å². The standard InChI is InChI=1S/C17H20N2O/c1-12-7-6-8-13(2)16(12)17(20)19-15(11-18)14-9-4-3-5-10-14/h3-10,15H,11,18H2,1-2H3,(H,19,20). The van der Waals surface area contributed by atoms with E-state index in [-0.39, 0.29) is 11.9 Å². The van der Waals surface area contributed by atoms with Gasteiger partial charge < -0.3 is 11.1 Å². The largest absolute Gasteiger partial charge is 0.344 e. The third-order valence-corrected chi connectivity index (χ3v) is 3.45. The molecule has 1 atom stereocenters. The Labute approximate surface area is 119 Å². The fourth-order valence-corrected chi connectivity index (χ4v) is 2.37. The smallest absolute Gasteiger partial charge is 0.252 e. The Morgan fingerprint density at radius 2 is 1.65 bits per heavy atom. The monoisotopic (exact) mass is 268 g/mol. The number of carbonyl (C=O) groups excluding carboxylic acids is 1. The minimum absolute atomic E-state index is 0.0695. The lowest BCUT2D eigenvalue weighted by Crippen LogP contribution is -2.34. The summed E-state index contributed by atoms with van der Waals surface area (Å²) in [5.41, 5.74) is 9.51. The first-order valence-electron chi connectivity index (χ1n) is 6.75. The van der Waals surface area contributed by atoms with Crippen LogP contribution in [0.1, 0.15) is 33.1 Å². The summed E-state index contributed by atoms with van der Waals surface area (Å²) < 4.78 is 0. The second-order valence-electron chi connectivity index (χ2n) is 4.94. The van der Waals surface area contributed by atoms with Crippen molar-refractivity contribution in [3.63, 3.8) is 0 Å². The van der Waals surface area contributed by atoms with Crippen LogP contribution in [-0.4, -0.2) is 12.5 Å². The number of aryl methyl sites for hydroxylation is 2. The first-order chi connectivity index (χ1) is 9.63. The maximum Gasteiger partial charge on any atom is 0.252 e. The Morgan fingerprint density at radius 3 is 2.20 bits per heavy atom. The maximum absolute atomic E-state index is 12.5. The van der Waals surface area contributed by atoms with Gasteiger partial charge in [-0.05, 0) is 30.5 Å². The van der Waals surface area contributed by atoms with Gasteiger partial charge in [0.05, 0.1) is 6.04 Å². The second kappa shape index (κ2) is 6.35. The van der Waals surface area contributed by atoms with E-state index in [9.17, 15) is 4.79 Å². The van der Waals surface area contributed by atoms with E-state index < -0.39 is 0 Å². The van der Waals surface area contributed by atoms with Crippen molar-refractivity contribution in [2.75, 3.05) is 6.54 Å². The van der Waals surface area contributed by atoms with Gasteiger partial charge in [0.1, 0.15) is 0 Å². The highest BCUT2D eigenvalue weighted by Crippen LogP contribution is 2.16. The Bertz CT molecular complexity index is 573. The molecule has 0 fully saturated rings. The molecular formula is C17H20N2O. The molecule has 0 heterocycles. The topological polar surface area (TPSA) is 55.1 Å². The van der Waals surface area contributed by atoms with Crippen LogP contribution in [0.15, 0.2) is 48.5 Å². The quantitative estimate of drug-likeness (QED) is 0.895. The van der Waals surface area contributed by atoms with E-state index in [1.165, 1.54) is 0 Å². The molecule has 3 N–H and O–H groups in total. The van der Waals surface area contributed by atoms with E-state index in [4.69, 9.17) is 5.73 Å². The average molecular weight is 268 g/mol. The summed E-state index contributed by atoms with van der Waals surface area (Å²) in [5.74, 6) is -0.0695. The average Bonchev–Trinajstić information content (AvgIpc) is 2.45. The lowest BCUT2D eigenvalue weighted by Gasteiger charge is -2.19. The number of hydrogen-bond acceptors (Lipinski definition) is 2. The molecule has 0 saturated carbocycles. The van der Waals surface area contributed by atoms with Gasteiger partial charge in [-0.25, -0.2) is 0 Å². The first-order valence-corrected chi connectivity index (χ1v) is 6.75. The van der Waals surface area contributed by atoms with E-state index in [0.717, 1.165) is 22.3 Å². The zero-order valence-electron chi connectivity index (χ0n) is 11.9.